The maximum absolute atomic E-state index is 13.5. The molecule has 0 heterocycles. The lowest BCUT2D eigenvalue weighted by molar-refractivity contribution is 0.121. The molecule has 0 aliphatic heterocycles. The Kier molecular flexibility index (Phi) is 6.25. The summed E-state index contributed by atoms with van der Waals surface area (Å²) in [5, 5.41) is 9.99. The van der Waals surface area contributed by atoms with Gasteiger partial charge in [-0.25, -0.2) is 4.39 Å². The number of hydrogen-bond donors (Lipinski definition) is 1. The fourth-order valence-electron chi connectivity index (χ4n) is 1.89. The van der Waals surface area contributed by atoms with E-state index in [-0.39, 0.29) is 5.82 Å². The Morgan fingerprint density at radius 3 is 2.44 bits per heavy atom. The first-order valence-corrected chi connectivity index (χ1v) is 6.26. The third-order valence-electron chi connectivity index (χ3n) is 2.89. The molecular weight excluding hydrogens is 231 g/mol. The standard InChI is InChI=1S/C14H23FN2O/c1-16(2)9-6-10-17(3)11-14(18)12-7-4-5-8-13(12)15/h4-5,7-8,14,18H,6,9-11H2,1-3H3. The molecule has 0 amide bonds. The van der Waals surface area contributed by atoms with E-state index in [1.165, 1.54) is 6.07 Å². The second-order valence-electron chi connectivity index (χ2n) is 4.96. The number of rotatable bonds is 7. The van der Waals surface area contributed by atoms with Crippen molar-refractivity contribution in [1.82, 2.24) is 9.80 Å². The molecule has 0 saturated carbocycles. The fourth-order valence-corrected chi connectivity index (χ4v) is 1.89. The van der Waals surface area contributed by atoms with E-state index in [0.717, 1.165) is 19.5 Å². The summed E-state index contributed by atoms with van der Waals surface area (Å²) >= 11 is 0. The number of aliphatic hydroxyl groups excluding tert-OH is 1. The molecule has 1 aromatic carbocycles. The zero-order valence-corrected chi connectivity index (χ0v) is 11.4. The minimum atomic E-state index is -0.768. The molecule has 0 radical (unpaired) electrons. The molecule has 1 rings (SSSR count). The molecule has 0 saturated heterocycles. The van der Waals surface area contributed by atoms with E-state index in [1.807, 2.05) is 26.0 Å². The highest BCUT2D eigenvalue weighted by molar-refractivity contribution is 5.19. The SMILES string of the molecule is CN(C)CCCN(C)CC(O)c1ccccc1F. The maximum Gasteiger partial charge on any atom is 0.129 e. The zero-order chi connectivity index (χ0) is 13.5. The van der Waals surface area contributed by atoms with Gasteiger partial charge in [0.15, 0.2) is 0 Å². The lowest BCUT2D eigenvalue weighted by Crippen LogP contribution is -2.28. The van der Waals surface area contributed by atoms with Gasteiger partial charge in [-0.2, -0.15) is 0 Å². The number of aliphatic hydroxyl groups is 1. The van der Waals surface area contributed by atoms with E-state index >= 15 is 0 Å². The lowest BCUT2D eigenvalue weighted by atomic mass is 10.1. The summed E-state index contributed by atoms with van der Waals surface area (Å²) in [6, 6.07) is 6.39. The molecule has 0 aromatic heterocycles. The van der Waals surface area contributed by atoms with Gasteiger partial charge >= 0.3 is 0 Å². The Morgan fingerprint density at radius 1 is 1.17 bits per heavy atom. The first-order valence-electron chi connectivity index (χ1n) is 6.26. The molecule has 1 N–H and O–H groups in total. The van der Waals surface area contributed by atoms with Crippen LogP contribution in [-0.2, 0) is 0 Å². The van der Waals surface area contributed by atoms with Gasteiger partial charge in [0.25, 0.3) is 0 Å². The molecule has 0 spiro atoms. The lowest BCUT2D eigenvalue weighted by Gasteiger charge is -2.21. The van der Waals surface area contributed by atoms with Gasteiger partial charge in [-0.1, -0.05) is 18.2 Å². The smallest absolute Gasteiger partial charge is 0.129 e. The Morgan fingerprint density at radius 2 is 1.83 bits per heavy atom. The van der Waals surface area contributed by atoms with Crippen LogP contribution in [0.15, 0.2) is 24.3 Å². The topological polar surface area (TPSA) is 26.7 Å². The molecule has 4 heteroatoms. The van der Waals surface area contributed by atoms with Crippen molar-refractivity contribution in [3.8, 4) is 0 Å². The average molecular weight is 254 g/mol. The van der Waals surface area contributed by atoms with E-state index in [0.29, 0.717) is 12.1 Å². The van der Waals surface area contributed by atoms with E-state index in [9.17, 15) is 9.50 Å². The zero-order valence-electron chi connectivity index (χ0n) is 11.4. The van der Waals surface area contributed by atoms with Gasteiger partial charge in [-0.3, -0.25) is 0 Å². The van der Waals surface area contributed by atoms with E-state index in [1.54, 1.807) is 18.2 Å². The first kappa shape index (κ1) is 15.1. The summed E-state index contributed by atoms with van der Waals surface area (Å²) in [7, 11) is 6.02. The van der Waals surface area contributed by atoms with Crippen LogP contribution < -0.4 is 0 Å². The molecule has 0 fully saturated rings. The summed E-state index contributed by atoms with van der Waals surface area (Å²) in [5.41, 5.74) is 0.372. The summed E-state index contributed by atoms with van der Waals surface area (Å²) < 4.78 is 13.5. The molecule has 0 aliphatic rings. The maximum atomic E-state index is 13.5. The molecule has 1 aromatic rings. The van der Waals surface area contributed by atoms with Crippen LogP contribution in [0.5, 0.6) is 0 Å². The third kappa shape index (κ3) is 5.12. The van der Waals surface area contributed by atoms with Crippen LogP contribution in [0.2, 0.25) is 0 Å². The van der Waals surface area contributed by atoms with Crippen molar-refractivity contribution in [2.75, 3.05) is 40.8 Å². The average Bonchev–Trinajstić information content (AvgIpc) is 2.28. The van der Waals surface area contributed by atoms with Crippen molar-refractivity contribution in [3.63, 3.8) is 0 Å². The molecule has 102 valence electrons. The highest BCUT2D eigenvalue weighted by Crippen LogP contribution is 2.17. The summed E-state index contributed by atoms with van der Waals surface area (Å²) in [6.45, 7) is 2.36. The van der Waals surface area contributed by atoms with E-state index < -0.39 is 6.10 Å². The van der Waals surface area contributed by atoms with Crippen molar-refractivity contribution < 1.29 is 9.50 Å². The van der Waals surface area contributed by atoms with Gasteiger partial charge in [0.1, 0.15) is 5.82 Å². The summed E-state index contributed by atoms with van der Waals surface area (Å²) in [5.74, 6) is -0.341. The van der Waals surface area contributed by atoms with Gasteiger partial charge in [0.05, 0.1) is 6.10 Å². The van der Waals surface area contributed by atoms with Crippen LogP contribution in [0.3, 0.4) is 0 Å². The molecular formula is C14H23FN2O. The van der Waals surface area contributed by atoms with Gasteiger partial charge in [0, 0.05) is 12.1 Å². The van der Waals surface area contributed by atoms with Crippen LogP contribution >= 0.6 is 0 Å². The number of likely N-dealkylation sites (N-methyl/N-ethyl adjacent to an activating group) is 1. The first-order chi connectivity index (χ1) is 8.50. The number of benzene rings is 1. The molecule has 18 heavy (non-hydrogen) atoms. The predicted molar refractivity (Wildman–Crippen MR) is 72.0 cm³/mol. The van der Waals surface area contributed by atoms with Gasteiger partial charge in [0.2, 0.25) is 0 Å². The number of hydrogen-bond acceptors (Lipinski definition) is 3. The molecule has 1 unspecified atom stereocenters. The predicted octanol–water partition coefficient (Wildman–Crippen LogP) is 1.74. The van der Waals surface area contributed by atoms with Crippen LogP contribution in [0.25, 0.3) is 0 Å². The Bertz CT molecular complexity index is 357. The third-order valence-corrected chi connectivity index (χ3v) is 2.89. The molecule has 3 nitrogen and oxygen atoms in total. The van der Waals surface area contributed by atoms with E-state index in [2.05, 4.69) is 4.90 Å². The summed E-state index contributed by atoms with van der Waals surface area (Å²) in [6.07, 6.45) is 0.267. The normalized spacial score (nSPS) is 13.3. The van der Waals surface area contributed by atoms with Crippen molar-refractivity contribution in [3.05, 3.63) is 35.6 Å². The molecule has 0 bridgehead atoms. The number of nitrogens with zero attached hydrogens (tertiary/aromatic N) is 2. The van der Waals surface area contributed by atoms with Crippen LogP contribution in [0.4, 0.5) is 4.39 Å². The van der Waals surface area contributed by atoms with Crippen LogP contribution in [-0.4, -0.2) is 55.7 Å². The highest BCUT2D eigenvalue weighted by atomic mass is 19.1. The molecule has 0 aliphatic carbocycles. The summed E-state index contributed by atoms with van der Waals surface area (Å²) in [4.78, 5) is 4.15. The Hall–Kier alpha value is -0.970. The van der Waals surface area contributed by atoms with Crippen LogP contribution in [0, 0.1) is 5.82 Å². The van der Waals surface area contributed by atoms with Gasteiger partial charge in [-0.05, 0) is 46.7 Å². The number of halogens is 1. The van der Waals surface area contributed by atoms with E-state index in [4.69, 9.17) is 0 Å². The van der Waals surface area contributed by atoms with Crippen LogP contribution in [0.1, 0.15) is 18.1 Å². The minimum Gasteiger partial charge on any atom is -0.387 e. The second-order valence-corrected chi connectivity index (χ2v) is 4.96. The highest BCUT2D eigenvalue weighted by Gasteiger charge is 2.14. The quantitative estimate of drug-likeness (QED) is 0.803. The van der Waals surface area contributed by atoms with Gasteiger partial charge in [-0.15, -0.1) is 0 Å². The fraction of sp³-hybridized carbons (Fsp3) is 0.571. The van der Waals surface area contributed by atoms with Crippen molar-refractivity contribution in [2.24, 2.45) is 0 Å². The Labute approximate surface area is 109 Å². The van der Waals surface area contributed by atoms with Gasteiger partial charge < -0.3 is 14.9 Å². The second kappa shape index (κ2) is 7.46. The largest absolute Gasteiger partial charge is 0.387 e. The Balaban J connectivity index is 2.40. The van der Waals surface area contributed by atoms with Crippen molar-refractivity contribution in [2.45, 2.75) is 12.5 Å². The minimum absolute atomic E-state index is 0.341. The van der Waals surface area contributed by atoms with Crippen molar-refractivity contribution in [1.29, 1.82) is 0 Å². The molecule has 1 atom stereocenters. The monoisotopic (exact) mass is 254 g/mol. The van der Waals surface area contributed by atoms with Crippen molar-refractivity contribution >= 4 is 0 Å².